The van der Waals surface area contributed by atoms with Crippen molar-refractivity contribution in [2.75, 3.05) is 7.05 Å². The van der Waals surface area contributed by atoms with Crippen molar-refractivity contribution in [1.29, 1.82) is 0 Å². The molecule has 1 aromatic carbocycles. The van der Waals surface area contributed by atoms with E-state index in [-0.39, 0.29) is 16.6 Å². The van der Waals surface area contributed by atoms with E-state index in [9.17, 15) is 9.59 Å². The molecule has 1 aliphatic rings. The van der Waals surface area contributed by atoms with Gasteiger partial charge in [-0.05, 0) is 30.3 Å². The van der Waals surface area contributed by atoms with Gasteiger partial charge in [0.1, 0.15) is 5.57 Å². The third kappa shape index (κ3) is 2.85. The van der Waals surface area contributed by atoms with Crippen LogP contribution in [0.3, 0.4) is 0 Å². The van der Waals surface area contributed by atoms with Crippen LogP contribution in [0, 0.1) is 5.92 Å². The zero-order valence-corrected chi connectivity index (χ0v) is 14.7. The molecular weight excluding hydrogens is 322 g/mol. The van der Waals surface area contributed by atoms with Crippen LogP contribution in [-0.2, 0) is 16.1 Å². The van der Waals surface area contributed by atoms with Crippen LogP contribution in [0.25, 0.3) is 17.0 Å². The highest BCUT2D eigenvalue weighted by Crippen LogP contribution is 2.25. The maximum Gasteiger partial charge on any atom is 0.265 e. The number of aromatic nitrogens is 1. The van der Waals surface area contributed by atoms with E-state index in [1.807, 2.05) is 30.5 Å². The number of hydrogen-bond acceptors (Lipinski definition) is 3. The maximum atomic E-state index is 12.4. The van der Waals surface area contributed by atoms with Gasteiger partial charge in [0.2, 0.25) is 0 Å². The second-order valence-electron chi connectivity index (χ2n) is 6.33. The molecular formula is C18H19N3O2S. The van der Waals surface area contributed by atoms with Crippen LogP contribution in [0.5, 0.6) is 0 Å². The quantitative estimate of drug-likeness (QED) is 0.530. The summed E-state index contributed by atoms with van der Waals surface area (Å²) in [4.78, 5) is 25.8. The van der Waals surface area contributed by atoms with Crippen LogP contribution in [0.15, 0.2) is 36.0 Å². The number of nitrogens with zero attached hydrogens (tertiary/aromatic N) is 2. The molecule has 2 heterocycles. The standard InChI is InChI=1S/C18H19N3O2S/c1-11(2)9-21-10-12(13-6-4-5-7-15(13)21)8-14-16(22)19-18(24)20(3)17(14)23/h4-8,10-11H,9H2,1-3H3,(H,19,22,24). The first kappa shape index (κ1) is 16.4. The number of para-hydroxylation sites is 1. The predicted molar refractivity (Wildman–Crippen MR) is 98.3 cm³/mol. The Labute approximate surface area is 145 Å². The Bertz CT molecular complexity index is 880. The second-order valence-corrected chi connectivity index (χ2v) is 6.72. The van der Waals surface area contributed by atoms with Crippen LogP contribution in [0.4, 0.5) is 0 Å². The van der Waals surface area contributed by atoms with Crippen LogP contribution < -0.4 is 5.32 Å². The minimum atomic E-state index is -0.455. The van der Waals surface area contributed by atoms with Gasteiger partial charge >= 0.3 is 0 Å². The largest absolute Gasteiger partial charge is 0.347 e. The summed E-state index contributed by atoms with van der Waals surface area (Å²) in [5.41, 5.74) is 2.04. The van der Waals surface area contributed by atoms with Gasteiger partial charge in [0.15, 0.2) is 5.11 Å². The number of amides is 2. The Morgan fingerprint density at radius 2 is 1.96 bits per heavy atom. The normalized spacial score (nSPS) is 17.2. The Hall–Kier alpha value is -2.47. The molecule has 1 saturated heterocycles. The molecule has 0 bridgehead atoms. The second kappa shape index (κ2) is 6.20. The fraction of sp³-hybridized carbons (Fsp3) is 0.278. The van der Waals surface area contributed by atoms with Gasteiger partial charge in [-0.25, -0.2) is 0 Å². The monoisotopic (exact) mass is 341 g/mol. The molecule has 6 heteroatoms. The summed E-state index contributed by atoms with van der Waals surface area (Å²) in [5.74, 6) is -0.349. The molecule has 0 saturated carbocycles. The highest BCUT2D eigenvalue weighted by molar-refractivity contribution is 7.80. The lowest BCUT2D eigenvalue weighted by Crippen LogP contribution is -2.52. The zero-order valence-electron chi connectivity index (χ0n) is 13.9. The average molecular weight is 341 g/mol. The Morgan fingerprint density at radius 1 is 1.25 bits per heavy atom. The van der Waals surface area contributed by atoms with E-state index in [0.717, 1.165) is 23.0 Å². The van der Waals surface area contributed by atoms with Gasteiger partial charge in [-0.3, -0.25) is 19.8 Å². The fourth-order valence-corrected chi connectivity index (χ4v) is 3.01. The molecule has 3 rings (SSSR count). The first-order valence-electron chi connectivity index (χ1n) is 7.81. The first-order chi connectivity index (χ1) is 11.4. The van der Waals surface area contributed by atoms with Crippen molar-refractivity contribution in [2.45, 2.75) is 20.4 Å². The molecule has 0 radical (unpaired) electrons. The van der Waals surface area contributed by atoms with Crippen molar-refractivity contribution in [2.24, 2.45) is 5.92 Å². The van der Waals surface area contributed by atoms with Gasteiger partial charge in [-0.2, -0.15) is 0 Å². The van der Waals surface area contributed by atoms with Gasteiger partial charge in [-0.15, -0.1) is 0 Å². The molecule has 2 aromatic rings. The minimum absolute atomic E-state index is 0.0959. The van der Waals surface area contributed by atoms with Crippen molar-refractivity contribution in [3.05, 3.63) is 41.6 Å². The number of carbonyl (C=O) groups excluding carboxylic acids is 2. The number of nitrogens with one attached hydrogen (secondary N) is 1. The molecule has 0 unspecified atom stereocenters. The molecule has 2 amide bonds. The van der Waals surface area contributed by atoms with E-state index in [1.54, 1.807) is 13.1 Å². The summed E-state index contributed by atoms with van der Waals surface area (Å²) >= 11 is 4.97. The molecule has 1 fully saturated rings. The third-order valence-electron chi connectivity index (χ3n) is 3.99. The number of benzene rings is 1. The third-order valence-corrected chi connectivity index (χ3v) is 4.36. The molecule has 0 aliphatic carbocycles. The summed E-state index contributed by atoms with van der Waals surface area (Å²) in [7, 11) is 1.56. The molecule has 1 N–H and O–H groups in total. The zero-order chi connectivity index (χ0) is 17.4. The number of likely N-dealkylation sites (N-methyl/N-ethyl adjacent to an activating group) is 1. The Balaban J connectivity index is 2.11. The Morgan fingerprint density at radius 3 is 2.67 bits per heavy atom. The fourth-order valence-electron chi connectivity index (χ4n) is 2.84. The van der Waals surface area contributed by atoms with E-state index in [2.05, 4.69) is 23.7 Å². The minimum Gasteiger partial charge on any atom is -0.347 e. The summed E-state index contributed by atoms with van der Waals surface area (Å²) in [6, 6.07) is 7.98. The molecule has 1 aromatic heterocycles. The molecule has 1 aliphatic heterocycles. The number of rotatable bonds is 3. The number of hydrogen-bond donors (Lipinski definition) is 1. The highest BCUT2D eigenvalue weighted by Gasteiger charge is 2.31. The topological polar surface area (TPSA) is 54.3 Å². The lowest BCUT2D eigenvalue weighted by Gasteiger charge is -2.24. The lowest BCUT2D eigenvalue weighted by molar-refractivity contribution is -0.128. The van der Waals surface area contributed by atoms with E-state index in [0.29, 0.717) is 5.92 Å². The van der Waals surface area contributed by atoms with E-state index in [4.69, 9.17) is 12.2 Å². The molecule has 0 spiro atoms. The number of thiocarbonyl (C=S) groups is 1. The first-order valence-corrected chi connectivity index (χ1v) is 8.22. The van der Waals surface area contributed by atoms with Crippen molar-refractivity contribution in [3.63, 3.8) is 0 Å². The van der Waals surface area contributed by atoms with E-state index in [1.165, 1.54) is 4.90 Å². The van der Waals surface area contributed by atoms with Gasteiger partial charge in [0.25, 0.3) is 11.8 Å². The lowest BCUT2D eigenvalue weighted by atomic mass is 10.1. The van der Waals surface area contributed by atoms with Crippen molar-refractivity contribution >= 4 is 46.1 Å². The van der Waals surface area contributed by atoms with Crippen molar-refractivity contribution < 1.29 is 9.59 Å². The van der Waals surface area contributed by atoms with Crippen LogP contribution >= 0.6 is 12.2 Å². The summed E-state index contributed by atoms with van der Waals surface area (Å²) in [6.45, 7) is 5.18. The van der Waals surface area contributed by atoms with Crippen LogP contribution in [0.1, 0.15) is 19.4 Å². The molecule has 0 atom stereocenters. The van der Waals surface area contributed by atoms with Crippen LogP contribution in [0.2, 0.25) is 0 Å². The predicted octanol–water partition coefficient (Wildman–Crippen LogP) is 2.55. The Kier molecular flexibility index (Phi) is 4.24. The molecule has 24 heavy (non-hydrogen) atoms. The number of fused-ring (bicyclic) bond motifs is 1. The summed E-state index contributed by atoms with van der Waals surface area (Å²) in [6.07, 6.45) is 3.64. The SMILES string of the molecule is CC(C)Cn1cc(C=C2C(=O)NC(=S)N(C)C2=O)c2ccccc21. The highest BCUT2D eigenvalue weighted by atomic mass is 32.1. The average Bonchev–Trinajstić information content (AvgIpc) is 2.87. The smallest absolute Gasteiger partial charge is 0.265 e. The van der Waals surface area contributed by atoms with Gasteiger partial charge in [-0.1, -0.05) is 32.0 Å². The van der Waals surface area contributed by atoms with E-state index < -0.39 is 5.91 Å². The molecule has 5 nitrogen and oxygen atoms in total. The summed E-state index contributed by atoms with van der Waals surface area (Å²) in [5, 5.41) is 3.68. The summed E-state index contributed by atoms with van der Waals surface area (Å²) < 4.78 is 2.16. The van der Waals surface area contributed by atoms with Crippen molar-refractivity contribution in [1.82, 2.24) is 14.8 Å². The van der Waals surface area contributed by atoms with Crippen LogP contribution in [-0.4, -0.2) is 33.4 Å². The maximum absolute atomic E-state index is 12.4. The van der Waals surface area contributed by atoms with Gasteiger partial charge in [0.05, 0.1) is 0 Å². The molecule has 124 valence electrons. The van der Waals surface area contributed by atoms with Crippen molar-refractivity contribution in [3.8, 4) is 0 Å². The van der Waals surface area contributed by atoms with E-state index >= 15 is 0 Å². The van der Waals surface area contributed by atoms with Gasteiger partial charge in [0, 0.05) is 36.3 Å². The number of carbonyl (C=O) groups is 2. The van der Waals surface area contributed by atoms with Gasteiger partial charge < -0.3 is 4.57 Å².